The first-order valence-corrected chi connectivity index (χ1v) is 8.38. The van der Waals surface area contributed by atoms with Gasteiger partial charge < -0.3 is 10.5 Å². The van der Waals surface area contributed by atoms with Crippen LogP contribution in [0.25, 0.3) is 10.1 Å². The molecule has 0 spiro atoms. The third-order valence-corrected chi connectivity index (χ3v) is 4.88. The Bertz CT molecular complexity index is 652. The van der Waals surface area contributed by atoms with E-state index >= 15 is 0 Å². The van der Waals surface area contributed by atoms with Gasteiger partial charge in [-0.1, -0.05) is 18.2 Å². The highest BCUT2D eigenvalue weighted by Crippen LogP contribution is 2.33. The Morgan fingerprint density at radius 2 is 2.27 bits per heavy atom. The minimum Gasteiger partial charge on any atom is -0.350 e. The average Bonchev–Trinajstić information content (AvgIpc) is 2.97. The van der Waals surface area contributed by atoms with Crippen molar-refractivity contribution in [2.45, 2.75) is 38.5 Å². The van der Waals surface area contributed by atoms with Crippen molar-refractivity contribution in [3.8, 4) is 0 Å². The predicted molar refractivity (Wildman–Crippen MR) is 86.3 cm³/mol. The maximum atomic E-state index is 11.8. The molecule has 0 radical (unpaired) electrons. The molecule has 2 N–H and O–H groups in total. The minimum atomic E-state index is -0.600. The van der Waals surface area contributed by atoms with Crippen molar-refractivity contribution in [3.63, 3.8) is 0 Å². The maximum Gasteiger partial charge on any atom is 0.339 e. The second-order valence-electron chi connectivity index (χ2n) is 5.43. The fraction of sp³-hybridized carbons (Fsp3) is 0.438. The molecule has 1 fully saturated rings. The monoisotopic (exact) mass is 320 g/mol. The molecule has 2 aromatic rings. The number of benzene rings is 1. The highest BCUT2D eigenvalue weighted by Gasteiger charge is 2.27. The van der Waals surface area contributed by atoms with Crippen LogP contribution in [0.4, 0.5) is 4.79 Å². The van der Waals surface area contributed by atoms with E-state index in [9.17, 15) is 4.79 Å². The molecule has 0 aliphatic carbocycles. The molecule has 1 aromatic heterocycles. The fourth-order valence-electron chi connectivity index (χ4n) is 2.70. The summed E-state index contributed by atoms with van der Waals surface area (Å²) >= 11 is 1.65. The van der Waals surface area contributed by atoms with Crippen LogP contribution in [0.1, 0.15) is 37.8 Å². The number of nitrogens with two attached hydrogens (primary N) is 1. The van der Waals surface area contributed by atoms with E-state index in [0.717, 1.165) is 30.2 Å². The molecular weight excluding hydrogens is 300 g/mol. The number of nitrogens with zero attached hydrogens (tertiary/aromatic N) is 1. The summed E-state index contributed by atoms with van der Waals surface area (Å²) in [6, 6.07) is 7.25. The van der Waals surface area contributed by atoms with Crippen LogP contribution in [0, 0.1) is 0 Å². The van der Waals surface area contributed by atoms with Crippen molar-refractivity contribution in [3.05, 3.63) is 35.2 Å². The normalized spacial score (nSPS) is 20.0. The predicted octanol–water partition coefficient (Wildman–Crippen LogP) is 3.80. The molecule has 2 unspecified atom stereocenters. The summed E-state index contributed by atoms with van der Waals surface area (Å²) in [6.07, 6.45) is 2.45. The minimum absolute atomic E-state index is 0.265. The van der Waals surface area contributed by atoms with Gasteiger partial charge in [0.25, 0.3) is 0 Å². The number of urea groups is 1. The molecule has 1 aromatic carbocycles. The van der Waals surface area contributed by atoms with E-state index in [1.54, 1.807) is 11.3 Å². The Morgan fingerprint density at radius 1 is 1.45 bits per heavy atom. The molecule has 2 atom stereocenters. The number of hydroxylamine groups is 2. The second kappa shape index (κ2) is 6.64. The summed E-state index contributed by atoms with van der Waals surface area (Å²) < 4.78 is 6.73. The van der Waals surface area contributed by atoms with E-state index in [4.69, 9.17) is 15.3 Å². The summed E-state index contributed by atoms with van der Waals surface area (Å²) in [6.45, 7) is 2.58. The van der Waals surface area contributed by atoms with Gasteiger partial charge in [-0.25, -0.2) is 9.63 Å². The number of rotatable bonds is 4. The van der Waals surface area contributed by atoms with Gasteiger partial charge >= 0.3 is 6.03 Å². The van der Waals surface area contributed by atoms with Crippen LogP contribution in [0.3, 0.4) is 0 Å². The number of fused-ring (bicyclic) bond motifs is 1. The fourth-order valence-corrected chi connectivity index (χ4v) is 3.75. The number of thiophene rings is 1. The number of carbonyl (C=O) groups is 1. The van der Waals surface area contributed by atoms with E-state index in [1.807, 2.05) is 25.1 Å². The molecule has 118 valence electrons. The van der Waals surface area contributed by atoms with Gasteiger partial charge in [-0.15, -0.1) is 11.3 Å². The van der Waals surface area contributed by atoms with E-state index in [0.29, 0.717) is 6.61 Å². The van der Waals surface area contributed by atoms with Gasteiger partial charge in [-0.2, -0.15) is 5.06 Å². The molecule has 6 heteroatoms. The number of amides is 2. The molecule has 0 bridgehead atoms. The molecule has 1 aliphatic rings. The lowest BCUT2D eigenvalue weighted by Gasteiger charge is -2.32. The number of hydrogen-bond donors (Lipinski definition) is 1. The standard InChI is InChI=1S/C16H20N2O3S/c1-11(13-10-22-14-7-3-2-6-12(13)14)18(16(17)19)21-15-8-4-5-9-20-15/h2-3,6-7,10-11,15H,4-5,8-9H2,1H3,(H2,17,19). The highest BCUT2D eigenvalue weighted by molar-refractivity contribution is 7.17. The summed E-state index contributed by atoms with van der Waals surface area (Å²) in [5.74, 6) is 0. The molecule has 3 rings (SSSR count). The van der Waals surface area contributed by atoms with Crippen molar-refractivity contribution in [1.82, 2.24) is 5.06 Å². The van der Waals surface area contributed by atoms with Crippen molar-refractivity contribution in [2.24, 2.45) is 5.73 Å². The van der Waals surface area contributed by atoms with E-state index in [-0.39, 0.29) is 6.04 Å². The van der Waals surface area contributed by atoms with Crippen LogP contribution in [0.5, 0.6) is 0 Å². The molecule has 1 saturated heterocycles. The largest absolute Gasteiger partial charge is 0.350 e. The number of ether oxygens (including phenoxy) is 1. The van der Waals surface area contributed by atoms with Crippen LogP contribution in [-0.2, 0) is 9.57 Å². The van der Waals surface area contributed by atoms with Gasteiger partial charge in [0.1, 0.15) is 0 Å². The van der Waals surface area contributed by atoms with Gasteiger partial charge in [-0.05, 0) is 42.2 Å². The van der Waals surface area contributed by atoms with Crippen LogP contribution >= 0.6 is 11.3 Å². The quantitative estimate of drug-likeness (QED) is 0.871. The van der Waals surface area contributed by atoms with Gasteiger partial charge in [-0.3, -0.25) is 0 Å². The zero-order valence-corrected chi connectivity index (χ0v) is 13.3. The Hall–Kier alpha value is -1.63. The van der Waals surface area contributed by atoms with Crippen LogP contribution in [0.15, 0.2) is 29.6 Å². The van der Waals surface area contributed by atoms with Gasteiger partial charge in [0.15, 0.2) is 6.29 Å². The Balaban J connectivity index is 1.82. The molecular formula is C16H20N2O3S. The smallest absolute Gasteiger partial charge is 0.339 e. The van der Waals surface area contributed by atoms with Crippen molar-refractivity contribution in [1.29, 1.82) is 0 Å². The zero-order chi connectivity index (χ0) is 15.5. The Morgan fingerprint density at radius 3 is 3.00 bits per heavy atom. The Kier molecular flexibility index (Phi) is 4.61. The highest BCUT2D eigenvalue weighted by atomic mass is 32.1. The number of carbonyl (C=O) groups excluding carboxylic acids is 1. The van der Waals surface area contributed by atoms with E-state index < -0.39 is 12.3 Å². The first-order valence-electron chi connectivity index (χ1n) is 7.50. The maximum absolute atomic E-state index is 11.8. The summed E-state index contributed by atoms with van der Waals surface area (Å²) in [7, 11) is 0. The van der Waals surface area contributed by atoms with Crippen LogP contribution < -0.4 is 5.73 Å². The lowest BCUT2D eigenvalue weighted by molar-refractivity contribution is -0.277. The molecule has 22 heavy (non-hydrogen) atoms. The van der Waals surface area contributed by atoms with Crippen molar-refractivity contribution in [2.75, 3.05) is 6.61 Å². The first-order chi connectivity index (χ1) is 10.7. The lowest BCUT2D eigenvalue weighted by Crippen LogP contribution is -2.42. The van der Waals surface area contributed by atoms with E-state index in [1.165, 1.54) is 9.76 Å². The van der Waals surface area contributed by atoms with Gasteiger partial charge in [0.05, 0.1) is 6.04 Å². The first kappa shape index (κ1) is 15.3. The number of hydrogen-bond acceptors (Lipinski definition) is 4. The van der Waals surface area contributed by atoms with E-state index in [2.05, 4.69) is 11.4 Å². The van der Waals surface area contributed by atoms with Gasteiger partial charge in [0.2, 0.25) is 0 Å². The molecule has 0 saturated carbocycles. The van der Waals surface area contributed by atoms with Crippen molar-refractivity contribution >= 4 is 27.5 Å². The molecule has 1 aliphatic heterocycles. The molecule has 2 amide bonds. The summed E-state index contributed by atoms with van der Waals surface area (Å²) in [4.78, 5) is 17.5. The average molecular weight is 320 g/mol. The molecule has 2 heterocycles. The Labute approximate surface area is 133 Å². The SMILES string of the molecule is CC(c1csc2ccccc12)N(OC1CCCCO1)C(N)=O. The van der Waals surface area contributed by atoms with Crippen molar-refractivity contribution < 1.29 is 14.4 Å². The topological polar surface area (TPSA) is 64.8 Å². The van der Waals surface area contributed by atoms with Gasteiger partial charge in [0, 0.05) is 17.7 Å². The summed E-state index contributed by atoms with van der Waals surface area (Å²) in [5.41, 5.74) is 6.55. The molecule has 5 nitrogen and oxygen atoms in total. The summed E-state index contributed by atoms with van der Waals surface area (Å²) in [5, 5.41) is 4.42. The third-order valence-electron chi connectivity index (χ3n) is 3.90. The lowest BCUT2D eigenvalue weighted by atomic mass is 10.1. The third kappa shape index (κ3) is 3.09. The van der Waals surface area contributed by atoms with Crippen LogP contribution in [-0.4, -0.2) is 24.0 Å². The second-order valence-corrected chi connectivity index (χ2v) is 6.34. The zero-order valence-electron chi connectivity index (χ0n) is 12.5. The van der Waals surface area contributed by atoms with Crippen LogP contribution in [0.2, 0.25) is 0 Å². The number of primary amides is 1.